The molecule has 23 heavy (non-hydrogen) atoms. The Balaban J connectivity index is 1.97. The number of halogens is 2. The predicted molar refractivity (Wildman–Crippen MR) is 87.2 cm³/mol. The molecule has 2 aromatic rings. The Morgan fingerprint density at radius 2 is 1.87 bits per heavy atom. The number of rotatable bonds is 6. The Labute approximate surface area is 137 Å². The van der Waals surface area contributed by atoms with Crippen LogP contribution in [0.2, 0.25) is 0 Å². The van der Waals surface area contributed by atoms with E-state index in [0.717, 1.165) is 4.90 Å². The summed E-state index contributed by atoms with van der Waals surface area (Å²) < 4.78 is 29.1. The van der Waals surface area contributed by atoms with E-state index >= 15 is 0 Å². The highest BCUT2D eigenvalue weighted by Gasteiger charge is 2.10. The summed E-state index contributed by atoms with van der Waals surface area (Å²) in [5, 5.41) is 5.36. The third-order valence-electron chi connectivity index (χ3n) is 2.98. The zero-order valence-corrected chi connectivity index (χ0v) is 13.2. The van der Waals surface area contributed by atoms with Crippen molar-refractivity contribution >= 4 is 23.5 Å². The smallest absolute Gasteiger partial charge is 0.387 e. The van der Waals surface area contributed by atoms with Crippen LogP contribution in [-0.4, -0.2) is 18.9 Å². The van der Waals surface area contributed by atoms with Crippen LogP contribution in [0.15, 0.2) is 53.4 Å². The molecule has 0 aliphatic rings. The molecule has 2 amide bonds. The highest BCUT2D eigenvalue weighted by Crippen LogP contribution is 2.24. The van der Waals surface area contributed by atoms with Gasteiger partial charge in [-0.15, -0.1) is 11.8 Å². The van der Waals surface area contributed by atoms with Gasteiger partial charge in [-0.2, -0.15) is 8.78 Å². The number of amides is 2. The Morgan fingerprint density at radius 1 is 1.17 bits per heavy atom. The maximum atomic E-state index is 12.3. The SMILES string of the molecule is CSc1ccccc1NC(=O)NCc1ccccc1OC(F)F. The van der Waals surface area contributed by atoms with Crippen molar-refractivity contribution in [3.63, 3.8) is 0 Å². The fourth-order valence-electron chi connectivity index (χ4n) is 1.95. The number of hydrogen-bond donors (Lipinski definition) is 2. The van der Waals surface area contributed by atoms with Crippen molar-refractivity contribution in [2.24, 2.45) is 0 Å². The Hall–Kier alpha value is -2.28. The number of urea groups is 1. The van der Waals surface area contributed by atoms with E-state index in [2.05, 4.69) is 15.4 Å². The zero-order chi connectivity index (χ0) is 16.7. The molecular formula is C16H16F2N2O2S. The molecule has 0 fully saturated rings. The summed E-state index contributed by atoms with van der Waals surface area (Å²) in [6, 6.07) is 13.3. The standard InChI is InChI=1S/C16H16F2N2O2S/c1-23-14-9-5-3-7-12(14)20-16(21)19-10-11-6-2-4-8-13(11)22-15(17)18/h2-9,15H,10H2,1H3,(H2,19,20,21). The largest absolute Gasteiger partial charge is 0.434 e. The highest BCUT2D eigenvalue weighted by molar-refractivity contribution is 7.98. The molecular weight excluding hydrogens is 322 g/mol. The Bertz CT molecular complexity index is 668. The number of carbonyl (C=O) groups excluding carboxylic acids is 1. The summed E-state index contributed by atoms with van der Waals surface area (Å²) in [4.78, 5) is 12.9. The van der Waals surface area contributed by atoms with Gasteiger partial charge in [0.25, 0.3) is 0 Å². The zero-order valence-electron chi connectivity index (χ0n) is 12.4. The molecule has 0 bridgehead atoms. The minimum Gasteiger partial charge on any atom is -0.434 e. The van der Waals surface area contributed by atoms with E-state index in [-0.39, 0.29) is 12.3 Å². The molecule has 0 saturated heterocycles. The number of thioether (sulfide) groups is 1. The van der Waals surface area contributed by atoms with Crippen LogP contribution in [0.4, 0.5) is 19.3 Å². The molecule has 0 unspecified atom stereocenters. The summed E-state index contributed by atoms with van der Waals surface area (Å²) in [5.41, 5.74) is 1.16. The normalized spacial score (nSPS) is 10.4. The summed E-state index contributed by atoms with van der Waals surface area (Å²) in [6.07, 6.45) is 1.91. The van der Waals surface area contributed by atoms with E-state index in [0.29, 0.717) is 11.3 Å². The lowest BCUT2D eigenvalue weighted by Gasteiger charge is -2.13. The fourth-order valence-corrected chi connectivity index (χ4v) is 2.50. The molecule has 0 aliphatic carbocycles. The first-order valence-electron chi connectivity index (χ1n) is 6.80. The number of nitrogens with one attached hydrogen (secondary N) is 2. The van der Waals surface area contributed by atoms with E-state index in [9.17, 15) is 13.6 Å². The average Bonchev–Trinajstić information content (AvgIpc) is 2.54. The third-order valence-corrected chi connectivity index (χ3v) is 3.78. The molecule has 7 heteroatoms. The maximum absolute atomic E-state index is 12.3. The van der Waals surface area contributed by atoms with Gasteiger partial charge in [-0.3, -0.25) is 0 Å². The van der Waals surface area contributed by atoms with E-state index in [1.165, 1.54) is 17.8 Å². The van der Waals surface area contributed by atoms with Gasteiger partial charge in [-0.1, -0.05) is 30.3 Å². The monoisotopic (exact) mass is 338 g/mol. The van der Waals surface area contributed by atoms with Gasteiger partial charge in [-0.05, 0) is 24.5 Å². The number of alkyl halides is 2. The first-order chi connectivity index (χ1) is 11.1. The average molecular weight is 338 g/mol. The van der Waals surface area contributed by atoms with Crippen LogP contribution in [0.25, 0.3) is 0 Å². The van der Waals surface area contributed by atoms with E-state index < -0.39 is 12.6 Å². The second-order valence-electron chi connectivity index (χ2n) is 4.49. The lowest BCUT2D eigenvalue weighted by atomic mass is 10.2. The topological polar surface area (TPSA) is 50.4 Å². The first kappa shape index (κ1) is 17.1. The van der Waals surface area contributed by atoms with Gasteiger partial charge in [0.1, 0.15) is 5.75 Å². The van der Waals surface area contributed by atoms with Crippen LogP contribution >= 0.6 is 11.8 Å². The van der Waals surface area contributed by atoms with Crippen LogP contribution in [0.3, 0.4) is 0 Å². The van der Waals surface area contributed by atoms with Gasteiger partial charge in [-0.25, -0.2) is 4.79 Å². The van der Waals surface area contributed by atoms with Gasteiger partial charge in [0.05, 0.1) is 5.69 Å². The fraction of sp³-hybridized carbons (Fsp3) is 0.188. The number of para-hydroxylation sites is 2. The second kappa shape index (κ2) is 8.38. The number of anilines is 1. The molecule has 0 saturated carbocycles. The van der Waals surface area contributed by atoms with Gasteiger partial charge in [0, 0.05) is 17.0 Å². The lowest BCUT2D eigenvalue weighted by Crippen LogP contribution is -2.28. The van der Waals surface area contributed by atoms with Crippen molar-refractivity contribution in [2.75, 3.05) is 11.6 Å². The minimum atomic E-state index is -2.90. The number of ether oxygens (including phenoxy) is 1. The lowest BCUT2D eigenvalue weighted by molar-refractivity contribution is -0.0504. The first-order valence-corrected chi connectivity index (χ1v) is 8.03. The molecule has 122 valence electrons. The molecule has 0 spiro atoms. The number of carbonyl (C=O) groups is 1. The van der Waals surface area contributed by atoms with Crippen LogP contribution < -0.4 is 15.4 Å². The van der Waals surface area contributed by atoms with Crippen molar-refractivity contribution in [3.05, 3.63) is 54.1 Å². The number of benzene rings is 2. The molecule has 0 heterocycles. The summed E-state index contributed by atoms with van der Waals surface area (Å²) in [5.74, 6) is 0.0484. The van der Waals surface area contributed by atoms with E-state index in [1.54, 1.807) is 24.3 Å². The van der Waals surface area contributed by atoms with E-state index in [1.807, 2.05) is 24.5 Å². The van der Waals surface area contributed by atoms with Crippen LogP contribution in [0.5, 0.6) is 5.75 Å². The minimum absolute atomic E-state index is 0.0484. The quantitative estimate of drug-likeness (QED) is 0.771. The van der Waals surface area contributed by atoms with Gasteiger partial charge in [0.2, 0.25) is 0 Å². The second-order valence-corrected chi connectivity index (χ2v) is 5.34. The van der Waals surface area contributed by atoms with Crippen molar-refractivity contribution in [2.45, 2.75) is 18.1 Å². The summed E-state index contributed by atoms with van der Waals surface area (Å²) in [6.45, 7) is -2.82. The van der Waals surface area contributed by atoms with Crippen molar-refractivity contribution in [1.29, 1.82) is 0 Å². The van der Waals surface area contributed by atoms with Crippen LogP contribution in [-0.2, 0) is 6.54 Å². The van der Waals surface area contributed by atoms with Crippen LogP contribution in [0, 0.1) is 0 Å². The van der Waals surface area contributed by atoms with Gasteiger partial charge < -0.3 is 15.4 Å². The third kappa shape index (κ3) is 5.14. The predicted octanol–water partition coefficient (Wildman–Crippen LogP) is 4.33. The number of hydrogen-bond acceptors (Lipinski definition) is 3. The van der Waals surface area contributed by atoms with Gasteiger partial charge >= 0.3 is 12.6 Å². The highest BCUT2D eigenvalue weighted by atomic mass is 32.2. The molecule has 2 N–H and O–H groups in total. The summed E-state index contributed by atoms with van der Waals surface area (Å²) in [7, 11) is 0. The molecule has 0 aliphatic heterocycles. The van der Waals surface area contributed by atoms with Crippen molar-refractivity contribution in [1.82, 2.24) is 5.32 Å². The molecule has 2 rings (SSSR count). The summed E-state index contributed by atoms with van der Waals surface area (Å²) >= 11 is 1.52. The molecule has 4 nitrogen and oxygen atoms in total. The van der Waals surface area contributed by atoms with E-state index in [4.69, 9.17) is 0 Å². The molecule has 2 aromatic carbocycles. The van der Waals surface area contributed by atoms with Crippen LogP contribution in [0.1, 0.15) is 5.56 Å². The van der Waals surface area contributed by atoms with Gasteiger partial charge in [0.15, 0.2) is 0 Å². The Morgan fingerprint density at radius 3 is 2.61 bits per heavy atom. The molecule has 0 atom stereocenters. The molecule has 0 radical (unpaired) electrons. The molecule has 0 aromatic heterocycles. The maximum Gasteiger partial charge on any atom is 0.387 e. The van der Waals surface area contributed by atoms with Crippen molar-refractivity contribution < 1.29 is 18.3 Å². The van der Waals surface area contributed by atoms with Crippen molar-refractivity contribution in [3.8, 4) is 5.75 Å². The Kier molecular flexibility index (Phi) is 6.22.